The van der Waals surface area contributed by atoms with Crippen molar-refractivity contribution in [2.75, 3.05) is 13.7 Å². The van der Waals surface area contributed by atoms with Crippen molar-refractivity contribution in [3.8, 4) is 0 Å². The Morgan fingerprint density at radius 1 is 1.20 bits per heavy atom. The molecule has 0 bridgehead atoms. The molecule has 1 aromatic carbocycles. The van der Waals surface area contributed by atoms with Crippen LogP contribution in [-0.2, 0) is 12.8 Å². The summed E-state index contributed by atoms with van der Waals surface area (Å²) in [6.07, 6.45) is 3.58. The molecule has 0 amide bonds. The van der Waals surface area contributed by atoms with Crippen LogP contribution in [0.1, 0.15) is 22.4 Å². The molecule has 0 aliphatic rings. The van der Waals surface area contributed by atoms with Crippen LogP contribution in [-0.4, -0.2) is 29.8 Å². The lowest BCUT2D eigenvalue weighted by Crippen LogP contribution is -2.31. The fraction of sp³-hybridized carbons (Fsp3) is 0.353. The van der Waals surface area contributed by atoms with E-state index in [9.17, 15) is 5.11 Å². The second-order valence-corrected chi connectivity index (χ2v) is 5.14. The molecule has 2 aromatic rings. The van der Waals surface area contributed by atoms with Crippen LogP contribution < -0.4 is 5.32 Å². The van der Waals surface area contributed by atoms with Crippen LogP contribution in [0.25, 0.3) is 0 Å². The molecule has 2 N–H and O–H groups in total. The summed E-state index contributed by atoms with van der Waals surface area (Å²) < 4.78 is 0. The van der Waals surface area contributed by atoms with E-state index in [-0.39, 0.29) is 12.6 Å². The van der Waals surface area contributed by atoms with Gasteiger partial charge in [-0.25, -0.2) is 0 Å². The van der Waals surface area contributed by atoms with Gasteiger partial charge in [0.15, 0.2) is 0 Å². The normalized spacial score (nSPS) is 12.3. The molecule has 0 aliphatic heterocycles. The van der Waals surface area contributed by atoms with Gasteiger partial charge in [0.05, 0.1) is 6.61 Å². The Bertz CT molecular complexity index is 536. The van der Waals surface area contributed by atoms with Gasteiger partial charge < -0.3 is 10.4 Å². The van der Waals surface area contributed by atoms with Crippen molar-refractivity contribution < 1.29 is 5.11 Å². The standard InChI is InChI=1S/C17H22N2O/c1-13-8-15(9-16(12-20)18-2)11-19-17(13)10-14-6-4-3-5-7-14/h3-8,11,16,18,20H,9-10,12H2,1-2H3. The molecule has 0 saturated carbocycles. The third kappa shape index (κ3) is 3.89. The number of rotatable bonds is 6. The van der Waals surface area contributed by atoms with Crippen LogP contribution in [0.2, 0.25) is 0 Å². The van der Waals surface area contributed by atoms with E-state index in [1.165, 1.54) is 11.1 Å². The Balaban J connectivity index is 2.10. The minimum absolute atomic E-state index is 0.0937. The first-order valence-corrected chi connectivity index (χ1v) is 6.99. The number of benzene rings is 1. The molecule has 1 unspecified atom stereocenters. The zero-order chi connectivity index (χ0) is 14.4. The van der Waals surface area contributed by atoms with Gasteiger partial charge in [-0.3, -0.25) is 4.98 Å². The predicted molar refractivity (Wildman–Crippen MR) is 81.9 cm³/mol. The van der Waals surface area contributed by atoms with E-state index >= 15 is 0 Å². The van der Waals surface area contributed by atoms with Crippen LogP contribution in [0.3, 0.4) is 0 Å². The summed E-state index contributed by atoms with van der Waals surface area (Å²) in [5, 5.41) is 12.3. The van der Waals surface area contributed by atoms with Crippen molar-refractivity contribution in [1.82, 2.24) is 10.3 Å². The number of aliphatic hydroxyl groups is 1. The number of aryl methyl sites for hydroxylation is 1. The Morgan fingerprint density at radius 3 is 2.55 bits per heavy atom. The highest BCUT2D eigenvalue weighted by Crippen LogP contribution is 2.14. The van der Waals surface area contributed by atoms with E-state index < -0.39 is 0 Å². The first-order valence-electron chi connectivity index (χ1n) is 6.99. The van der Waals surface area contributed by atoms with Crippen molar-refractivity contribution in [1.29, 1.82) is 0 Å². The van der Waals surface area contributed by atoms with E-state index in [0.29, 0.717) is 0 Å². The zero-order valence-electron chi connectivity index (χ0n) is 12.1. The topological polar surface area (TPSA) is 45.1 Å². The first-order chi connectivity index (χ1) is 9.72. The predicted octanol–water partition coefficient (Wildman–Crippen LogP) is 2.10. The van der Waals surface area contributed by atoms with E-state index in [1.54, 1.807) is 0 Å². The Hall–Kier alpha value is -1.71. The van der Waals surface area contributed by atoms with Gasteiger partial charge in [0.25, 0.3) is 0 Å². The van der Waals surface area contributed by atoms with Crippen molar-refractivity contribution in [2.45, 2.75) is 25.8 Å². The fourth-order valence-electron chi connectivity index (χ4n) is 2.29. The highest BCUT2D eigenvalue weighted by molar-refractivity contribution is 5.29. The number of likely N-dealkylation sites (N-methyl/N-ethyl adjacent to an activating group) is 1. The molecule has 20 heavy (non-hydrogen) atoms. The van der Waals surface area contributed by atoms with Gasteiger partial charge in [-0.2, -0.15) is 0 Å². The van der Waals surface area contributed by atoms with Crippen LogP contribution >= 0.6 is 0 Å². The summed E-state index contributed by atoms with van der Waals surface area (Å²) in [6, 6.07) is 12.6. The number of pyridine rings is 1. The average Bonchev–Trinajstić information content (AvgIpc) is 2.48. The summed E-state index contributed by atoms with van der Waals surface area (Å²) in [7, 11) is 1.87. The van der Waals surface area contributed by atoms with Crippen LogP contribution in [0.15, 0.2) is 42.6 Å². The summed E-state index contributed by atoms with van der Waals surface area (Å²) in [5.41, 5.74) is 4.76. The number of aliphatic hydroxyl groups excluding tert-OH is 1. The van der Waals surface area contributed by atoms with E-state index in [4.69, 9.17) is 0 Å². The molecule has 3 heteroatoms. The lowest BCUT2D eigenvalue weighted by molar-refractivity contribution is 0.248. The first kappa shape index (κ1) is 14.7. The summed E-state index contributed by atoms with van der Waals surface area (Å²) in [6.45, 7) is 2.24. The molecule has 1 heterocycles. The molecular formula is C17H22N2O. The van der Waals surface area contributed by atoms with Crippen molar-refractivity contribution >= 4 is 0 Å². The van der Waals surface area contributed by atoms with Crippen molar-refractivity contribution in [2.24, 2.45) is 0 Å². The summed E-state index contributed by atoms with van der Waals surface area (Å²) in [5.74, 6) is 0. The van der Waals surface area contributed by atoms with E-state index in [1.807, 2.05) is 19.3 Å². The highest BCUT2D eigenvalue weighted by atomic mass is 16.3. The van der Waals surface area contributed by atoms with E-state index in [2.05, 4.69) is 47.6 Å². The molecule has 0 fully saturated rings. The summed E-state index contributed by atoms with van der Waals surface area (Å²) in [4.78, 5) is 4.59. The molecule has 106 valence electrons. The van der Waals surface area contributed by atoms with Crippen LogP contribution in [0.4, 0.5) is 0 Å². The van der Waals surface area contributed by atoms with Crippen LogP contribution in [0, 0.1) is 6.92 Å². The maximum absolute atomic E-state index is 9.22. The van der Waals surface area contributed by atoms with Crippen molar-refractivity contribution in [3.05, 3.63) is 65.0 Å². The number of nitrogens with one attached hydrogen (secondary N) is 1. The maximum Gasteiger partial charge on any atom is 0.0587 e. The molecule has 0 spiro atoms. The fourth-order valence-corrected chi connectivity index (χ4v) is 2.29. The quantitative estimate of drug-likeness (QED) is 0.845. The smallest absolute Gasteiger partial charge is 0.0587 e. The number of nitrogens with zero attached hydrogens (tertiary/aromatic N) is 1. The summed E-state index contributed by atoms with van der Waals surface area (Å²) >= 11 is 0. The molecular weight excluding hydrogens is 248 g/mol. The molecule has 3 nitrogen and oxygen atoms in total. The van der Waals surface area contributed by atoms with Gasteiger partial charge in [0, 0.05) is 24.4 Å². The van der Waals surface area contributed by atoms with E-state index in [0.717, 1.165) is 24.1 Å². The monoisotopic (exact) mass is 270 g/mol. The number of hydrogen-bond donors (Lipinski definition) is 2. The SMILES string of the molecule is CNC(CO)Cc1cnc(Cc2ccccc2)c(C)c1. The molecule has 0 saturated heterocycles. The largest absolute Gasteiger partial charge is 0.395 e. The molecule has 1 atom stereocenters. The lowest BCUT2D eigenvalue weighted by Gasteiger charge is -2.14. The molecule has 0 radical (unpaired) electrons. The van der Waals surface area contributed by atoms with Crippen LogP contribution in [0.5, 0.6) is 0 Å². The third-order valence-electron chi connectivity index (χ3n) is 3.57. The molecule has 0 aliphatic carbocycles. The molecule has 1 aromatic heterocycles. The lowest BCUT2D eigenvalue weighted by atomic mass is 10.0. The Labute approximate surface area is 120 Å². The molecule has 2 rings (SSSR count). The minimum atomic E-state index is 0.0937. The van der Waals surface area contributed by atoms with Gasteiger partial charge >= 0.3 is 0 Å². The highest BCUT2D eigenvalue weighted by Gasteiger charge is 2.08. The zero-order valence-corrected chi connectivity index (χ0v) is 12.1. The third-order valence-corrected chi connectivity index (χ3v) is 3.57. The van der Waals surface area contributed by atoms with Crippen molar-refractivity contribution in [3.63, 3.8) is 0 Å². The maximum atomic E-state index is 9.22. The average molecular weight is 270 g/mol. The Morgan fingerprint density at radius 2 is 1.95 bits per heavy atom. The van der Waals surface area contributed by atoms with Gasteiger partial charge in [-0.1, -0.05) is 36.4 Å². The second kappa shape index (κ2) is 7.17. The number of aromatic nitrogens is 1. The van der Waals surface area contributed by atoms with Gasteiger partial charge in [-0.05, 0) is 37.1 Å². The van der Waals surface area contributed by atoms with Gasteiger partial charge in [0.2, 0.25) is 0 Å². The minimum Gasteiger partial charge on any atom is -0.395 e. The Kier molecular flexibility index (Phi) is 5.27. The van der Waals surface area contributed by atoms with Gasteiger partial charge in [-0.15, -0.1) is 0 Å². The van der Waals surface area contributed by atoms with Gasteiger partial charge in [0.1, 0.15) is 0 Å². The number of hydrogen-bond acceptors (Lipinski definition) is 3. The second-order valence-electron chi connectivity index (χ2n) is 5.14.